The second-order valence-corrected chi connectivity index (χ2v) is 11.5. The fourth-order valence-corrected chi connectivity index (χ4v) is 5.12. The van der Waals surface area contributed by atoms with E-state index < -0.39 is 0 Å². The van der Waals surface area contributed by atoms with Crippen LogP contribution in [0.1, 0.15) is 37.9 Å². The van der Waals surface area contributed by atoms with Crippen molar-refractivity contribution in [1.29, 1.82) is 0 Å². The van der Waals surface area contributed by atoms with E-state index in [1.54, 1.807) is 43.2 Å². The molecular formula is C34H46CsN6O3S+. The number of hydrogen-bond acceptors (Lipinski definition) is 9. The predicted octanol–water partition coefficient (Wildman–Crippen LogP) is 1.81. The minimum Gasteiger partial charge on any atom is -0.508 e. The second-order valence-electron chi connectivity index (χ2n) is 10.6. The smallest absolute Gasteiger partial charge is 0.508 e. The fraction of sp³-hybridized carbons (Fsp3) is 0.382. The van der Waals surface area contributed by atoms with Gasteiger partial charge in [0.15, 0.2) is 0 Å². The molecule has 2 aromatic carbocycles. The molecule has 3 N–H and O–H groups in total. The number of phenols is 1. The van der Waals surface area contributed by atoms with Crippen molar-refractivity contribution in [2.45, 2.75) is 39.7 Å². The van der Waals surface area contributed by atoms with Gasteiger partial charge in [-0.15, -0.1) is 0 Å². The Morgan fingerprint density at radius 2 is 1.87 bits per heavy atom. The molecule has 1 amide bonds. The number of likely N-dealkylation sites (tertiary alicyclic amines) is 1. The number of carbonyl (C=O) groups excluding carboxylic acids is 1. The monoisotopic (exact) mass is 751 g/mol. The van der Waals surface area contributed by atoms with Crippen LogP contribution in [0.15, 0.2) is 67.2 Å². The molecule has 1 unspecified atom stereocenters. The molecule has 2 aliphatic rings. The Bertz CT molecular complexity index is 1480. The van der Waals surface area contributed by atoms with Crippen LogP contribution >= 0.6 is 11.8 Å². The van der Waals surface area contributed by atoms with Gasteiger partial charge in [-0.25, -0.2) is 9.69 Å². The van der Waals surface area contributed by atoms with Crippen molar-refractivity contribution in [1.82, 2.24) is 14.9 Å². The van der Waals surface area contributed by atoms with E-state index >= 15 is 0 Å². The number of quaternary nitrogens is 1. The van der Waals surface area contributed by atoms with Crippen LogP contribution < -0.4 is 88.7 Å². The third-order valence-electron chi connectivity index (χ3n) is 7.31. The maximum absolute atomic E-state index is 12.2. The number of aromatic nitrogens is 2. The summed E-state index contributed by atoms with van der Waals surface area (Å²) in [4.78, 5) is 26.4. The number of methoxy groups -OCH3 is 1. The number of anilines is 2. The number of phenolic OH excluding ortho intramolecular Hbond substituents is 1. The molecule has 2 aliphatic heterocycles. The van der Waals surface area contributed by atoms with Crippen LogP contribution in [0.5, 0.6) is 11.8 Å². The molecule has 1 saturated heterocycles. The van der Waals surface area contributed by atoms with Gasteiger partial charge in [0.1, 0.15) is 17.3 Å². The Morgan fingerprint density at radius 3 is 2.47 bits per heavy atom. The molecule has 0 radical (unpaired) electrons. The van der Waals surface area contributed by atoms with E-state index in [0.717, 1.165) is 40.0 Å². The van der Waals surface area contributed by atoms with Gasteiger partial charge in [0.25, 0.3) is 0 Å². The normalized spacial score (nSPS) is 15.2. The van der Waals surface area contributed by atoms with Gasteiger partial charge in [-0.05, 0) is 63.4 Å². The standard InChI is InChI=1S/C27H28N5O3.C5H11N.C2H6S.Cs/c1-5-12-32(25(34)6-2)18(3)16-28-26-22-11-13-31(17-23(22)29-27(30-26)35-4)24-15-20(33)14-19-9-7-8-10-21(19)24;1-6-4-2-3-5-6;1-3-2;/h6-10,12,14-16,33H,2,11,13,17H2,1,3-4H3,(H,28,29,30);2-5H2,1H3;1-2H3;/q-1;;;+1/p+1/b18-16-;;;. The zero-order chi connectivity index (χ0) is 32.1. The van der Waals surface area contributed by atoms with Crippen LogP contribution in [0, 0.1) is 6.08 Å². The topological polar surface area (TPSA) is 95.3 Å². The van der Waals surface area contributed by atoms with Crippen molar-refractivity contribution in [2.24, 2.45) is 0 Å². The zero-order valence-corrected chi connectivity index (χ0v) is 34.9. The molecule has 9 nitrogen and oxygen atoms in total. The number of fused-ring (bicyclic) bond motifs is 2. The third-order valence-corrected chi connectivity index (χ3v) is 7.31. The minimum absolute atomic E-state index is 0. The van der Waals surface area contributed by atoms with E-state index in [0.29, 0.717) is 23.7 Å². The van der Waals surface area contributed by atoms with Crippen molar-refractivity contribution >= 4 is 39.9 Å². The molecule has 3 aromatic rings. The summed E-state index contributed by atoms with van der Waals surface area (Å²) >= 11 is 1.75. The van der Waals surface area contributed by atoms with Crippen molar-refractivity contribution in [3.8, 4) is 11.8 Å². The zero-order valence-electron chi connectivity index (χ0n) is 27.8. The van der Waals surface area contributed by atoms with Crippen LogP contribution in [0.2, 0.25) is 0 Å². The summed E-state index contributed by atoms with van der Waals surface area (Å²) in [6.45, 7) is 11.1. The molecule has 1 fully saturated rings. The number of carbonyl (C=O) groups is 1. The second kappa shape index (κ2) is 20.4. The van der Waals surface area contributed by atoms with Gasteiger partial charge in [0, 0.05) is 42.2 Å². The molecular weight excluding hydrogens is 705 g/mol. The summed E-state index contributed by atoms with van der Waals surface area (Å²) in [5.74, 6) is 0.694. The van der Waals surface area contributed by atoms with E-state index in [9.17, 15) is 9.90 Å². The van der Waals surface area contributed by atoms with Gasteiger partial charge in [-0.2, -0.15) is 28.7 Å². The minimum atomic E-state index is -0.175. The molecule has 0 spiro atoms. The Morgan fingerprint density at radius 1 is 1.18 bits per heavy atom. The van der Waals surface area contributed by atoms with Crippen molar-refractivity contribution < 1.29 is 88.4 Å². The quantitative estimate of drug-likeness (QED) is 0.247. The molecule has 0 aliphatic carbocycles. The summed E-state index contributed by atoms with van der Waals surface area (Å²) in [5, 5.41) is 15.6. The summed E-state index contributed by atoms with van der Waals surface area (Å²) in [5.41, 5.74) is 3.53. The number of aromatic hydroxyl groups is 1. The SMILES string of the molecule is C=CC(=O)[NH+](C=[C-]C)/C(C)=C\Nc1nc(OC)nc2c1CCN(c1cc(O)cc3ccccc13)C2.CN1CCCC1.CSC.[Cs+]. The van der Waals surface area contributed by atoms with Gasteiger partial charge >= 0.3 is 80.8 Å². The van der Waals surface area contributed by atoms with Crippen LogP contribution in [0.4, 0.5) is 11.5 Å². The maximum Gasteiger partial charge on any atom is 1.00 e. The Kier molecular flexibility index (Phi) is 17.9. The summed E-state index contributed by atoms with van der Waals surface area (Å²) in [6.07, 6.45) is 15.2. The Balaban J connectivity index is 0.000000614. The summed E-state index contributed by atoms with van der Waals surface area (Å²) in [7, 11) is 3.71. The number of amides is 1. The number of nitrogens with zero attached hydrogens (tertiary/aromatic N) is 4. The first kappa shape index (κ1) is 39.4. The third kappa shape index (κ3) is 11.4. The number of hydrogen-bond donors (Lipinski definition) is 3. The van der Waals surface area contributed by atoms with Crippen LogP contribution in [0.3, 0.4) is 0 Å². The van der Waals surface area contributed by atoms with Gasteiger partial charge in [-0.1, -0.05) is 37.0 Å². The van der Waals surface area contributed by atoms with Gasteiger partial charge in [0.2, 0.25) is 0 Å². The number of thioether (sulfide) groups is 1. The first-order valence-electron chi connectivity index (χ1n) is 14.7. The summed E-state index contributed by atoms with van der Waals surface area (Å²) < 4.78 is 5.37. The Hall–Kier alpha value is -1.81. The van der Waals surface area contributed by atoms with Crippen LogP contribution in [-0.2, 0) is 17.8 Å². The molecule has 5 rings (SSSR count). The van der Waals surface area contributed by atoms with Crippen LogP contribution in [-0.4, -0.2) is 72.2 Å². The number of ether oxygens (including phenoxy) is 1. The number of nitrogens with one attached hydrogen (secondary N) is 2. The predicted molar refractivity (Wildman–Crippen MR) is 182 cm³/mol. The van der Waals surface area contributed by atoms with Gasteiger partial charge in [-0.3, -0.25) is 0 Å². The molecule has 45 heavy (non-hydrogen) atoms. The largest absolute Gasteiger partial charge is 1.00 e. The van der Waals surface area contributed by atoms with E-state index in [1.807, 2.05) is 37.6 Å². The maximum atomic E-state index is 12.2. The molecule has 1 aromatic heterocycles. The first-order chi connectivity index (χ1) is 21.3. The number of allylic oxidation sites excluding steroid dienone is 2. The average molecular weight is 752 g/mol. The molecule has 0 bridgehead atoms. The molecule has 1 atom stereocenters. The average Bonchev–Trinajstić information content (AvgIpc) is 3.52. The van der Waals surface area contributed by atoms with Gasteiger partial charge < -0.3 is 31.0 Å². The van der Waals surface area contributed by atoms with Crippen molar-refractivity contribution in [3.05, 3.63) is 84.5 Å². The van der Waals surface area contributed by atoms with E-state index in [4.69, 9.17) is 4.74 Å². The first-order valence-corrected chi connectivity index (χ1v) is 16.4. The van der Waals surface area contributed by atoms with Crippen LogP contribution in [0.25, 0.3) is 10.8 Å². The van der Waals surface area contributed by atoms with Crippen molar-refractivity contribution in [2.75, 3.05) is 56.5 Å². The fourth-order valence-electron chi connectivity index (χ4n) is 5.12. The molecule has 3 heterocycles. The molecule has 236 valence electrons. The van der Waals surface area contributed by atoms with E-state index in [2.05, 4.69) is 50.9 Å². The summed E-state index contributed by atoms with van der Waals surface area (Å²) in [6, 6.07) is 11.8. The molecule has 0 saturated carbocycles. The van der Waals surface area contributed by atoms with Crippen molar-refractivity contribution in [3.63, 3.8) is 0 Å². The van der Waals surface area contributed by atoms with E-state index in [-0.39, 0.29) is 86.6 Å². The van der Waals surface area contributed by atoms with E-state index in [1.165, 1.54) is 39.1 Å². The van der Waals surface area contributed by atoms with Gasteiger partial charge in [0.05, 0.1) is 25.5 Å². The Labute approximate surface area is 331 Å². The number of benzene rings is 2. The number of rotatable bonds is 7. The molecule has 11 heteroatoms.